The van der Waals surface area contributed by atoms with Gasteiger partial charge in [0, 0.05) is 64.0 Å². The van der Waals surface area contributed by atoms with Gasteiger partial charge >= 0.3 is 0 Å². The highest BCUT2D eigenvalue weighted by atomic mass is 16.6. The number of nitro benzene ring substituents is 1. The molecule has 0 atom stereocenters. The molecule has 1 heterocycles. The molecule has 1 saturated heterocycles. The molecule has 0 radical (unpaired) electrons. The van der Waals surface area contributed by atoms with Gasteiger partial charge in [0.25, 0.3) is 5.69 Å². The van der Waals surface area contributed by atoms with E-state index in [1.165, 1.54) is 23.8 Å². The summed E-state index contributed by atoms with van der Waals surface area (Å²) in [5.74, 6) is -0.195. The van der Waals surface area contributed by atoms with Crippen LogP contribution < -0.4 is 5.32 Å². The molecule has 7 nitrogen and oxygen atoms in total. The van der Waals surface area contributed by atoms with Gasteiger partial charge in [-0.1, -0.05) is 42.5 Å². The van der Waals surface area contributed by atoms with Gasteiger partial charge in [0.1, 0.15) is 0 Å². The van der Waals surface area contributed by atoms with Gasteiger partial charge in [0.05, 0.1) is 4.92 Å². The summed E-state index contributed by atoms with van der Waals surface area (Å²) in [4.78, 5) is 27.1. The highest BCUT2D eigenvalue weighted by Gasteiger charge is 2.16. The van der Waals surface area contributed by atoms with Crippen LogP contribution in [0.1, 0.15) is 11.1 Å². The second-order valence-electron chi connectivity index (χ2n) is 7.08. The average Bonchev–Trinajstić information content (AvgIpc) is 2.74. The van der Waals surface area contributed by atoms with Gasteiger partial charge < -0.3 is 5.32 Å². The van der Waals surface area contributed by atoms with E-state index in [9.17, 15) is 14.9 Å². The van der Waals surface area contributed by atoms with E-state index < -0.39 is 4.92 Å². The minimum Gasteiger partial charge on any atom is -0.351 e. The zero-order valence-electron chi connectivity index (χ0n) is 16.4. The third-order valence-electron chi connectivity index (χ3n) is 4.95. The van der Waals surface area contributed by atoms with Crippen LogP contribution in [0.4, 0.5) is 5.69 Å². The topological polar surface area (TPSA) is 78.7 Å². The van der Waals surface area contributed by atoms with Crippen molar-refractivity contribution in [2.45, 2.75) is 6.54 Å². The maximum atomic E-state index is 12.0. The minimum absolute atomic E-state index is 0.0129. The average molecular weight is 394 g/mol. The molecule has 152 valence electrons. The summed E-state index contributed by atoms with van der Waals surface area (Å²) in [7, 11) is 0. The fraction of sp³-hybridized carbons (Fsp3) is 0.318. The molecule has 1 aliphatic heterocycles. The molecule has 1 aliphatic rings. The number of hydrogen-bond donors (Lipinski definition) is 1. The summed E-state index contributed by atoms with van der Waals surface area (Å²) in [6.45, 7) is 6.41. The van der Waals surface area contributed by atoms with Gasteiger partial charge in [0.15, 0.2) is 0 Å². The van der Waals surface area contributed by atoms with E-state index in [-0.39, 0.29) is 11.6 Å². The number of nitro groups is 1. The van der Waals surface area contributed by atoms with Crippen molar-refractivity contribution >= 4 is 17.7 Å². The lowest BCUT2D eigenvalue weighted by Gasteiger charge is -2.34. The smallest absolute Gasteiger partial charge is 0.270 e. The fourth-order valence-corrected chi connectivity index (χ4v) is 3.32. The third-order valence-corrected chi connectivity index (χ3v) is 4.95. The molecule has 29 heavy (non-hydrogen) atoms. The first kappa shape index (κ1) is 20.7. The molecule has 0 spiro atoms. The highest BCUT2D eigenvalue weighted by Crippen LogP contribution is 2.14. The van der Waals surface area contributed by atoms with Crippen molar-refractivity contribution in [3.8, 4) is 0 Å². The molecule has 1 amide bonds. The SMILES string of the molecule is O=C(/C=C/c1cccc([N+](=O)[O-])c1)NCCN1CCN(Cc2ccccc2)CC1. The van der Waals surface area contributed by atoms with Gasteiger partial charge in [-0.25, -0.2) is 0 Å². The van der Waals surface area contributed by atoms with E-state index in [2.05, 4.69) is 39.4 Å². The third kappa shape index (κ3) is 6.81. The Labute approximate surface area is 170 Å². The van der Waals surface area contributed by atoms with Crippen LogP contribution in [0.25, 0.3) is 6.08 Å². The predicted octanol–water partition coefficient (Wildman–Crippen LogP) is 2.54. The summed E-state index contributed by atoms with van der Waals surface area (Å²) in [6.07, 6.45) is 3.00. The molecule has 0 aliphatic carbocycles. The number of rotatable bonds is 8. The second-order valence-corrected chi connectivity index (χ2v) is 7.08. The van der Waals surface area contributed by atoms with Crippen LogP contribution in [-0.4, -0.2) is 59.9 Å². The number of piperazine rings is 1. The van der Waals surface area contributed by atoms with Crippen molar-refractivity contribution in [1.29, 1.82) is 0 Å². The van der Waals surface area contributed by atoms with Crippen molar-refractivity contribution in [3.63, 3.8) is 0 Å². The molecule has 1 N–H and O–H groups in total. The first-order chi connectivity index (χ1) is 14.1. The van der Waals surface area contributed by atoms with Crippen LogP contribution in [-0.2, 0) is 11.3 Å². The standard InChI is InChI=1S/C22H26N4O3/c27-22(10-9-19-7-4-8-21(17-19)26(28)29)23-11-12-24-13-15-25(16-14-24)18-20-5-2-1-3-6-20/h1-10,17H,11-16,18H2,(H,23,27)/b10-9+. The summed E-state index contributed by atoms with van der Waals surface area (Å²) >= 11 is 0. The maximum Gasteiger partial charge on any atom is 0.270 e. The molecule has 0 saturated carbocycles. The summed E-state index contributed by atoms with van der Waals surface area (Å²) in [5, 5.41) is 13.7. The molecule has 7 heteroatoms. The Morgan fingerprint density at radius 1 is 1.03 bits per heavy atom. The fourth-order valence-electron chi connectivity index (χ4n) is 3.32. The van der Waals surface area contributed by atoms with Gasteiger partial charge in [-0.05, 0) is 17.2 Å². The van der Waals surface area contributed by atoms with Gasteiger partial charge in [-0.2, -0.15) is 0 Å². The number of carbonyl (C=O) groups is 1. The summed E-state index contributed by atoms with van der Waals surface area (Å²) in [6, 6.07) is 16.7. The van der Waals surface area contributed by atoms with Crippen LogP contribution in [0.15, 0.2) is 60.7 Å². The number of carbonyl (C=O) groups excluding carboxylic acids is 1. The minimum atomic E-state index is -0.447. The molecular weight excluding hydrogens is 368 g/mol. The van der Waals surface area contributed by atoms with Gasteiger partial charge in [-0.15, -0.1) is 0 Å². The van der Waals surface area contributed by atoms with Crippen molar-refractivity contribution in [3.05, 3.63) is 81.9 Å². The highest BCUT2D eigenvalue weighted by molar-refractivity contribution is 5.91. The van der Waals surface area contributed by atoms with Gasteiger partial charge in [-0.3, -0.25) is 24.7 Å². The van der Waals surface area contributed by atoms with Crippen molar-refractivity contribution in [2.24, 2.45) is 0 Å². The van der Waals surface area contributed by atoms with Crippen molar-refractivity contribution in [1.82, 2.24) is 15.1 Å². The van der Waals surface area contributed by atoms with Crippen LogP contribution in [0.3, 0.4) is 0 Å². The molecule has 2 aromatic rings. The lowest BCUT2D eigenvalue weighted by Crippen LogP contribution is -2.47. The predicted molar refractivity (Wildman–Crippen MR) is 113 cm³/mol. The second kappa shape index (κ2) is 10.5. The van der Waals surface area contributed by atoms with Crippen LogP contribution in [0.2, 0.25) is 0 Å². The molecule has 0 aromatic heterocycles. The first-order valence-electron chi connectivity index (χ1n) is 9.79. The Kier molecular flexibility index (Phi) is 7.49. The van der Waals surface area contributed by atoms with E-state index >= 15 is 0 Å². The van der Waals surface area contributed by atoms with Crippen molar-refractivity contribution < 1.29 is 9.72 Å². The Morgan fingerprint density at radius 3 is 2.48 bits per heavy atom. The van der Waals surface area contributed by atoms with Crippen LogP contribution >= 0.6 is 0 Å². The zero-order valence-corrected chi connectivity index (χ0v) is 16.4. The van der Waals surface area contributed by atoms with Gasteiger partial charge in [0.2, 0.25) is 5.91 Å². The molecule has 0 bridgehead atoms. The molecular formula is C22H26N4O3. The first-order valence-corrected chi connectivity index (χ1v) is 9.79. The number of amides is 1. The Morgan fingerprint density at radius 2 is 1.76 bits per heavy atom. The van der Waals surface area contributed by atoms with Crippen LogP contribution in [0.5, 0.6) is 0 Å². The number of benzene rings is 2. The summed E-state index contributed by atoms with van der Waals surface area (Å²) < 4.78 is 0. The monoisotopic (exact) mass is 394 g/mol. The molecule has 0 unspecified atom stereocenters. The largest absolute Gasteiger partial charge is 0.351 e. The van der Waals surface area contributed by atoms with Crippen LogP contribution in [0, 0.1) is 10.1 Å². The van der Waals surface area contributed by atoms with E-state index in [4.69, 9.17) is 0 Å². The number of non-ortho nitro benzene ring substituents is 1. The zero-order chi connectivity index (χ0) is 20.5. The molecule has 1 fully saturated rings. The van der Waals surface area contributed by atoms with E-state index in [0.717, 1.165) is 39.3 Å². The quantitative estimate of drug-likeness (QED) is 0.423. The lowest BCUT2D eigenvalue weighted by molar-refractivity contribution is -0.384. The Hall–Kier alpha value is -3.03. The molecule has 2 aromatic carbocycles. The van der Waals surface area contributed by atoms with Crippen molar-refractivity contribution in [2.75, 3.05) is 39.3 Å². The number of nitrogens with zero attached hydrogens (tertiary/aromatic N) is 3. The number of hydrogen-bond acceptors (Lipinski definition) is 5. The number of nitrogens with one attached hydrogen (secondary N) is 1. The molecule has 3 rings (SSSR count). The van der Waals surface area contributed by atoms with E-state index in [1.54, 1.807) is 18.2 Å². The Bertz CT molecular complexity index is 846. The Balaban J connectivity index is 1.34. The normalized spacial score (nSPS) is 15.4. The van der Waals surface area contributed by atoms with E-state index in [0.29, 0.717) is 12.1 Å². The van der Waals surface area contributed by atoms with E-state index in [1.807, 2.05) is 6.07 Å². The maximum absolute atomic E-state index is 12.0. The summed E-state index contributed by atoms with van der Waals surface area (Å²) in [5.41, 5.74) is 1.98. The lowest BCUT2D eigenvalue weighted by atomic mass is 10.2.